The molecule has 1 aliphatic rings. The normalized spacial score (nSPS) is 16.7. The van der Waals surface area contributed by atoms with Gasteiger partial charge in [-0.05, 0) is 36.5 Å². The SMILES string of the molecule is Clc1ccc(C(NCc2ccon2)C2CC2)cc1. The Hall–Kier alpha value is -1.32. The Kier molecular flexibility index (Phi) is 3.35. The Morgan fingerprint density at radius 2 is 2.06 bits per heavy atom. The second-order valence-electron chi connectivity index (χ2n) is 4.74. The molecule has 94 valence electrons. The molecule has 1 heterocycles. The number of rotatable bonds is 5. The third-order valence-electron chi connectivity index (χ3n) is 3.32. The van der Waals surface area contributed by atoms with Gasteiger partial charge in [-0.2, -0.15) is 0 Å². The number of hydrogen-bond donors (Lipinski definition) is 1. The molecule has 0 saturated heterocycles. The lowest BCUT2D eigenvalue weighted by Gasteiger charge is -2.18. The van der Waals surface area contributed by atoms with Crippen molar-refractivity contribution < 1.29 is 4.52 Å². The summed E-state index contributed by atoms with van der Waals surface area (Å²) >= 11 is 5.93. The molecule has 1 saturated carbocycles. The molecule has 3 nitrogen and oxygen atoms in total. The summed E-state index contributed by atoms with van der Waals surface area (Å²) in [7, 11) is 0. The van der Waals surface area contributed by atoms with Gasteiger partial charge in [0.2, 0.25) is 0 Å². The number of nitrogens with one attached hydrogen (secondary N) is 1. The molecule has 4 heteroatoms. The second kappa shape index (κ2) is 5.12. The summed E-state index contributed by atoms with van der Waals surface area (Å²) in [5.41, 5.74) is 2.24. The zero-order valence-corrected chi connectivity index (χ0v) is 10.7. The van der Waals surface area contributed by atoms with E-state index in [4.69, 9.17) is 16.1 Å². The van der Waals surface area contributed by atoms with E-state index in [2.05, 4.69) is 22.6 Å². The summed E-state index contributed by atoms with van der Waals surface area (Å²) in [5, 5.41) is 8.25. The second-order valence-corrected chi connectivity index (χ2v) is 5.17. The van der Waals surface area contributed by atoms with Crippen LogP contribution in [0.5, 0.6) is 0 Å². The molecule has 1 aromatic carbocycles. The summed E-state index contributed by atoms with van der Waals surface area (Å²) in [4.78, 5) is 0. The van der Waals surface area contributed by atoms with Gasteiger partial charge in [0, 0.05) is 23.7 Å². The van der Waals surface area contributed by atoms with Crippen molar-refractivity contribution in [3.63, 3.8) is 0 Å². The summed E-state index contributed by atoms with van der Waals surface area (Å²) in [6, 6.07) is 10.4. The Morgan fingerprint density at radius 3 is 2.67 bits per heavy atom. The largest absolute Gasteiger partial charge is 0.364 e. The Morgan fingerprint density at radius 1 is 1.28 bits per heavy atom. The number of benzene rings is 1. The molecule has 0 spiro atoms. The predicted octanol–water partition coefficient (Wildman–Crippen LogP) is 3.57. The fourth-order valence-corrected chi connectivity index (χ4v) is 2.33. The van der Waals surface area contributed by atoms with Crippen LogP contribution < -0.4 is 5.32 Å². The highest BCUT2D eigenvalue weighted by molar-refractivity contribution is 6.30. The van der Waals surface area contributed by atoms with Crippen LogP contribution in [-0.4, -0.2) is 5.16 Å². The maximum Gasteiger partial charge on any atom is 0.124 e. The maximum atomic E-state index is 5.93. The number of nitrogens with zero attached hydrogens (tertiary/aromatic N) is 1. The minimum absolute atomic E-state index is 0.388. The zero-order chi connectivity index (χ0) is 12.4. The summed E-state index contributed by atoms with van der Waals surface area (Å²) in [6.07, 6.45) is 4.18. The molecule has 1 unspecified atom stereocenters. The van der Waals surface area contributed by atoms with Gasteiger partial charge in [-0.1, -0.05) is 28.9 Å². The molecule has 2 aromatic rings. The van der Waals surface area contributed by atoms with Crippen LogP contribution in [0.25, 0.3) is 0 Å². The molecule has 0 aliphatic heterocycles. The summed E-state index contributed by atoms with van der Waals surface area (Å²) in [6.45, 7) is 0.736. The fourth-order valence-electron chi connectivity index (χ4n) is 2.20. The first-order valence-electron chi connectivity index (χ1n) is 6.21. The number of halogens is 1. The molecule has 1 N–H and O–H groups in total. The first-order valence-corrected chi connectivity index (χ1v) is 6.59. The van der Waals surface area contributed by atoms with E-state index < -0.39 is 0 Å². The Labute approximate surface area is 111 Å². The van der Waals surface area contributed by atoms with E-state index in [0.717, 1.165) is 23.2 Å². The lowest BCUT2D eigenvalue weighted by atomic mass is 10.0. The highest BCUT2D eigenvalue weighted by Crippen LogP contribution is 2.41. The molecule has 18 heavy (non-hydrogen) atoms. The van der Waals surface area contributed by atoms with Crippen molar-refractivity contribution >= 4 is 11.6 Å². The van der Waals surface area contributed by atoms with Crippen LogP contribution in [0, 0.1) is 5.92 Å². The van der Waals surface area contributed by atoms with E-state index in [0.29, 0.717) is 6.04 Å². The minimum Gasteiger partial charge on any atom is -0.364 e. The van der Waals surface area contributed by atoms with Gasteiger partial charge < -0.3 is 9.84 Å². The average Bonchev–Trinajstić information content (AvgIpc) is 3.08. The molecular weight excluding hydrogens is 248 g/mol. The number of aromatic nitrogens is 1. The lowest BCUT2D eigenvalue weighted by molar-refractivity contribution is 0.400. The zero-order valence-electron chi connectivity index (χ0n) is 9.97. The molecule has 0 bridgehead atoms. The quantitative estimate of drug-likeness (QED) is 0.895. The van der Waals surface area contributed by atoms with Gasteiger partial charge in [0.05, 0.1) is 5.69 Å². The molecule has 0 radical (unpaired) electrons. The molecule has 1 aromatic heterocycles. The van der Waals surface area contributed by atoms with Crippen LogP contribution in [0.3, 0.4) is 0 Å². The van der Waals surface area contributed by atoms with Crippen molar-refractivity contribution in [2.45, 2.75) is 25.4 Å². The summed E-state index contributed by atoms with van der Waals surface area (Å²) in [5.74, 6) is 0.734. The third-order valence-corrected chi connectivity index (χ3v) is 3.57. The van der Waals surface area contributed by atoms with Gasteiger partial charge in [-0.15, -0.1) is 0 Å². The van der Waals surface area contributed by atoms with E-state index in [9.17, 15) is 0 Å². The third kappa shape index (κ3) is 2.74. The monoisotopic (exact) mass is 262 g/mol. The van der Waals surface area contributed by atoms with Crippen LogP contribution in [0.2, 0.25) is 5.02 Å². The van der Waals surface area contributed by atoms with Crippen molar-refractivity contribution in [3.05, 3.63) is 52.9 Å². The topological polar surface area (TPSA) is 38.1 Å². The molecule has 1 aliphatic carbocycles. The van der Waals surface area contributed by atoms with Gasteiger partial charge in [-0.25, -0.2) is 0 Å². The van der Waals surface area contributed by atoms with Crippen molar-refractivity contribution in [1.82, 2.24) is 10.5 Å². The number of hydrogen-bond acceptors (Lipinski definition) is 3. The molecular formula is C14H15ClN2O. The van der Waals surface area contributed by atoms with E-state index in [1.54, 1.807) is 6.26 Å². The minimum atomic E-state index is 0.388. The summed E-state index contributed by atoms with van der Waals surface area (Å²) < 4.78 is 4.84. The Balaban J connectivity index is 1.70. The first-order chi connectivity index (χ1) is 8.83. The van der Waals surface area contributed by atoms with Gasteiger partial charge in [0.25, 0.3) is 0 Å². The van der Waals surface area contributed by atoms with E-state index >= 15 is 0 Å². The lowest BCUT2D eigenvalue weighted by Crippen LogP contribution is -2.22. The molecule has 0 amide bonds. The van der Waals surface area contributed by atoms with Crippen molar-refractivity contribution in [2.75, 3.05) is 0 Å². The predicted molar refractivity (Wildman–Crippen MR) is 70.3 cm³/mol. The highest BCUT2D eigenvalue weighted by Gasteiger charge is 2.31. The fraction of sp³-hybridized carbons (Fsp3) is 0.357. The smallest absolute Gasteiger partial charge is 0.124 e. The average molecular weight is 263 g/mol. The van der Waals surface area contributed by atoms with Gasteiger partial charge in [-0.3, -0.25) is 0 Å². The van der Waals surface area contributed by atoms with Crippen molar-refractivity contribution in [3.8, 4) is 0 Å². The molecule has 1 atom stereocenters. The van der Waals surface area contributed by atoms with Crippen LogP contribution >= 0.6 is 11.6 Å². The van der Waals surface area contributed by atoms with Crippen LogP contribution in [0.15, 0.2) is 41.1 Å². The van der Waals surface area contributed by atoms with Crippen LogP contribution in [0.1, 0.15) is 30.1 Å². The maximum absolute atomic E-state index is 5.93. The standard InChI is InChI=1S/C14H15ClN2O/c15-12-5-3-11(4-6-12)14(10-1-2-10)16-9-13-7-8-18-17-13/h3-8,10,14,16H,1-2,9H2. The molecule has 1 fully saturated rings. The van der Waals surface area contributed by atoms with Crippen LogP contribution in [-0.2, 0) is 6.54 Å². The Bertz CT molecular complexity index is 491. The van der Waals surface area contributed by atoms with Crippen molar-refractivity contribution in [2.24, 2.45) is 5.92 Å². The van der Waals surface area contributed by atoms with E-state index in [1.165, 1.54) is 18.4 Å². The van der Waals surface area contributed by atoms with Gasteiger partial charge >= 0.3 is 0 Å². The highest BCUT2D eigenvalue weighted by atomic mass is 35.5. The first kappa shape index (κ1) is 11.8. The van der Waals surface area contributed by atoms with Crippen molar-refractivity contribution in [1.29, 1.82) is 0 Å². The van der Waals surface area contributed by atoms with Gasteiger partial charge in [0.1, 0.15) is 6.26 Å². The van der Waals surface area contributed by atoms with E-state index in [1.807, 2.05) is 18.2 Å². The van der Waals surface area contributed by atoms with Crippen LogP contribution in [0.4, 0.5) is 0 Å². The van der Waals surface area contributed by atoms with E-state index in [-0.39, 0.29) is 0 Å². The van der Waals surface area contributed by atoms with Gasteiger partial charge in [0.15, 0.2) is 0 Å². The molecule has 3 rings (SSSR count).